The molecule has 0 amide bonds. The van der Waals surface area contributed by atoms with Gasteiger partial charge in [0.05, 0.1) is 0 Å². The molecule has 0 saturated carbocycles. The van der Waals surface area contributed by atoms with Gasteiger partial charge in [-0.3, -0.25) is 14.4 Å². The molecule has 0 radical (unpaired) electrons. The second-order valence-corrected chi connectivity index (χ2v) is 22.0. The SMILES string of the molecule is CC/C=C\C/C=C\C/C=C\CCCCCCCC(=O)OC(COC(=O)CCCCCCC/C=C\CCCCCC)COC(=O)CCCCCCCCCCCCCCCCCCCCCCCCCCCCCC. The van der Waals surface area contributed by atoms with Crippen LogP contribution in [0.4, 0.5) is 0 Å². The van der Waals surface area contributed by atoms with Gasteiger partial charge >= 0.3 is 17.9 Å². The van der Waals surface area contributed by atoms with Crippen LogP contribution in [0.5, 0.6) is 0 Å². The van der Waals surface area contributed by atoms with Crippen LogP contribution in [0.1, 0.15) is 348 Å². The van der Waals surface area contributed by atoms with Crippen molar-refractivity contribution in [2.24, 2.45) is 0 Å². The van der Waals surface area contributed by atoms with Crippen molar-refractivity contribution in [1.82, 2.24) is 0 Å². The van der Waals surface area contributed by atoms with Crippen molar-refractivity contribution in [3.8, 4) is 0 Å². The van der Waals surface area contributed by atoms with Gasteiger partial charge in [-0.25, -0.2) is 0 Å². The third-order valence-corrected chi connectivity index (χ3v) is 14.6. The Balaban J connectivity index is 4.18. The first-order chi connectivity index (χ1) is 36.5. The third-order valence-electron chi connectivity index (χ3n) is 14.6. The molecule has 0 aromatic rings. The number of hydrogen-bond acceptors (Lipinski definition) is 6. The molecule has 0 aliphatic carbocycles. The number of ether oxygens (including phenoxy) is 3. The van der Waals surface area contributed by atoms with E-state index in [1.54, 1.807) is 0 Å². The lowest BCUT2D eigenvalue weighted by Gasteiger charge is -2.18. The Morgan fingerprint density at radius 1 is 0.284 bits per heavy atom. The molecule has 0 spiro atoms. The van der Waals surface area contributed by atoms with Gasteiger partial charge in [-0.2, -0.15) is 0 Å². The molecule has 0 aromatic heterocycles. The fourth-order valence-corrected chi connectivity index (χ4v) is 9.69. The van der Waals surface area contributed by atoms with E-state index >= 15 is 0 Å². The van der Waals surface area contributed by atoms with Crippen LogP contribution in [0.2, 0.25) is 0 Å². The van der Waals surface area contributed by atoms with Crippen LogP contribution >= 0.6 is 0 Å². The van der Waals surface area contributed by atoms with Crippen molar-refractivity contribution in [2.45, 2.75) is 354 Å². The molecule has 1 atom stereocenters. The minimum atomic E-state index is -0.784. The Morgan fingerprint density at radius 3 is 0.851 bits per heavy atom. The van der Waals surface area contributed by atoms with Gasteiger partial charge in [0.2, 0.25) is 0 Å². The summed E-state index contributed by atoms with van der Waals surface area (Å²) in [6.45, 7) is 6.54. The summed E-state index contributed by atoms with van der Waals surface area (Å²) in [5.41, 5.74) is 0. The van der Waals surface area contributed by atoms with Crippen molar-refractivity contribution in [3.05, 3.63) is 48.6 Å². The molecule has 6 heteroatoms. The zero-order valence-corrected chi connectivity index (χ0v) is 49.6. The molecule has 432 valence electrons. The Kier molecular flexibility index (Phi) is 60.7. The van der Waals surface area contributed by atoms with Gasteiger partial charge in [-0.05, 0) is 77.0 Å². The van der Waals surface area contributed by atoms with Crippen molar-refractivity contribution in [3.63, 3.8) is 0 Å². The normalized spacial score (nSPS) is 12.3. The van der Waals surface area contributed by atoms with E-state index in [9.17, 15) is 14.4 Å². The Bertz CT molecular complexity index is 1280. The van der Waals surface area contributed by atoms with Gasteiger partial charge in [0.15, 0.2) is 6.10 Å². The molecule has 0 aromatic carbocycles. The zero-order valence-electron chi connectivity index (χ0n) is 49.6. The second-order valence-electron chi connectivity index (χ2n) is 22.0. The maximum atomic E-state index is 12.9. The predicted octanol–water partition coefficient (Wildman–Crippen LogP) is 22.2. The average molecular weight is 1040 g/mol. The average Bonchev–Trinajstić information content (AvgIpc) is 3.40. The van der Waals surface area contributed by atoms with E-state index in [2.05, 4.69) is 69.4 Å². The fourth-order valence-electron chi connectivity index (χ4n) is 9.69. The molecular weight excluding hydrogens is 913 g/mol. The third kappa shape index (κ3) is 60.2. The number of carbonyl (C=O) groups excluding carboxylic acids is 3. The summed E-state index contributed by atoms with van der Waals surface area (Å²) in [5, 5.41) is 0. The minimum Gasteiger partial charge on any atom is -0.462 e. The monoisotopic (exact) mass is 1040 g/mol. The highest BCUT2D eigenvalue weighted by Crippen LogP contribution is 2.18. The van der Waals surface area contributed by atoms with Gasteiger partial charge in [0, 0.05) is 19.3 Å². The quantitative estimate of drug-likeness (QED) is 0.0261. The Morgan fingerprint density at radius 2 is 0.527 bits per heavy atom. The lowest BCUT2D eigenvalue weighted by Crippen LogP contribution is -2.30. The number of unbranched alkanes of at least 4 members (excludes halogenated alkanes) is 41. The van der Waals surface area contributed by atoms with Crippen molar-refractivity contribution < 1.29 is 28.6 Å². The summed E-state index contributed by atoms with van der Waals surface area (Å²) in [5.74, 6) is -0.887. The first-order valence-corrected chi connectivity index (χ1v) is 32.6. The molecule has 0 bridgehead atoms. The van der Waals surface area contributed by atoms with Crippen LogP contribution in [-0.2, 0) is 28.6 Å². The summed E-state index contributed by atoms with van der Waals surface area (Å²) in [7, 11) is 0. The molecule has 6 nitrogen and oxygen atoms in total. The van der Waals surface area contributed by atoms with Crippen molar-refractivity contribution >= 4 is 17.9 Å². The lowest BCUT2D eigenvalue weighted by atomic mass is 10.0. The summed E-state index contributed by atoms with van der Waals surface area (Å²) in [6, 6.07) is 0. The molecule has 1 unspecified atom stereocenters. The van der Waals surface area contributed by atoms with Gasteiger partial charge in [0.1, 0.15) is 13.2 Å². The fraction of sp³-hybridized carbons (Fsp3) is 0.838. The second kappa shape index (κ2) is 62.9. The highest BCUT2D eigenvalue weighted by molar-refractivity contribution is 5.71. The van der Waals surface area contributed by atoms with Gasteiger partial charge in [-0.15, -0.1) is 0 Å². The van der Waals surface area contributed by atoms with E-state index in [0.717, 1.165) is 103 Å². The van der Waals surface area contributed by atoms with Crippen molar-refractivity contribution in [2.75, 3.05) is 13.2 Å². The maximum absolute atomic E-state index is 12.9. The van der Waals surface area contributed by atoms with E-state index in [4.69, 9.17) is 14.2 Å². The van der Waals surface area contributed by atoms with Crippen LogP contribution in [0.15, 0.2) is 48.6 Å². The maximum Gasteiger partial charge on any atom is 0.306 e. The highest BCUT2D eigenvalue weighted by atomic mass is 16.6. The van der Waals surface area contributed by atoms with Gasteiger partial charge < -0.3 is 14.2 Å². The standard InChI is InChI=1S/C68H124O6/c1-4-7-10-13-16-19-22-25-27-28-29-30-31-32-33-34-35-36-37-38-39-41-43-46-49-52-55-58-61-67(70)73-64-65(63-72-66(69)60-57-54-51-48-45-42-24-21-18-15-12-9-6-3)74-68(71)62-59-56-53-50-47-44-40-26-23-20-17-14-11-8-5-2/h8,11,17,20-21,24,26,40,65H,4-7,9-10,12-16,18-19,22-23,25,27-39,41-64H2,1-3H3/b11-8-,20-17-,24-21-,40-26-. The van der Waals surface area contributed by atoms with Crippen LogP contribution < -0.4 is 0 Å². The largest absolute Gasteiger partial charge is 0.462 e. The van der Waals surface area contributed by atoms with E-state index < -0.39 is 6.10 Å². The molecule has 74 heavy (non-hydrogen) atoms. The zero-order chi connectivity index (χ0) is 53.6. The predicted molar refractivity (Wildman–Crippen MR) is 321 cm³/mol. The Labute approximate surface area is 460 Å². The highest BCUT2D eigenvalue weighted by Gasteiger charge is 2.19. The van der Waals surface area contributed by atoms with Crippen LogP contribution in [-0.4, -0.2) is 37.2 Å². The molecule has 0 fully saturated rings. The number of allylic oxidation sites excluding steroid dienone is 8. The summed E-state index contributed by atoms with van der Waals surface area (Å²) in [4.78, 5) is 38.2. The molecular formula is C68H124O6. The molecule has 0 aliphatic rings. The lowest BCUT2D eigenvalue weighted by molar-refractivity contribution is -0.167. The first kappa shape index (κ1) is 71.4. The van der Waals surface area contributed by atoms with E-state index in [1.807, 2.05) is 0 Å². The molecule has 0 heterocycles. The molecule has 0 rings (SSSR count). The van der Waals surface area contributed by atoms with Gasteiger partial charge in [0.25, 0.3) is 0 Å². The summed E-state index contributed by atoms with van der Waals surface area (Å²) >= 11 is 0. The first-order valence-electron chi connectivity index (χ1n) is 32.6. The molecule has 0 aliphatic heterocycles. The van der Waals surface area contributed by atoms with Crippen LogP contribution in [0.3, 0.4) is 0 Å². The van der Waals surface area contributed by atoms with Crippen molar-refractivity contribution in [1.29, 1.82) is 0 Å². The number of esters is 3. The van der Waals surface area contributed by atoms with E-state index in [0.29, 0.717) is 19.3 Å². The smallest absolute Gasteiger partial charge is 0.306 e. The molecule has 0 N–H and O–H groups in total. The van der Waals surface area contributed by atoms with Gasteiger partial charge in [-0.1, -0.05) is 301 Å². The Hall–Kier alpha value is -2.63. The minimum absolute atomic E-state index is 0.0796. The topological polar surface area (TPSA) is 78.9 Å². The van der Waals surface area contributed by atoms with Crippen LogP contribution in [0.25, 0.3) is 0 Å². The van der Waals surface area contributed by atoms with E-state index in [-0.39, 0.29) is 31.1 Å². The summed E-state index contributed by atoms with van der Waals surface area (Å²) in [6.07, 6.45) is 78.5. The summed E-state index contributed by atoms with van der Waals surface area (Å²) < 4.78 is 16.9. The number of rotatable bonds is 60. The van der Waals surface area contributed by atoms with Crippen LogP contribution in [0, 0.1) is 0 Å². The van der Waals surface area contributed by atoms with E-state index in [1.165, 1.54) is 205 Å². The molecule has 0 saturated heterocycles. The number of carbonyl (C=O) groups is 3. The number of hydrogen-bond donors (Lipinski definition) is 0.